The molecule has 1 saturated carbocycles. The number of alkyl halides is 1. The summed E-state index contributed by atoms with van der Waals surface area (Å²) in [5.41, 5.74) is 0. The lowest BCUT2D eigenvalue weighted by Crippen LogP contribution is -2.39. The lowest BCUT2D eigenvalue weighted by atomic mass is 10.1. The van der Waals surface area contributed by atoms with Gasteiger partial charge in [0, 0.05) is 10.9 Å². The Morgan fingerprint density at radius 2 is 2.00 bits per heavy atom. The van der Waals surface area contributed by atoms with Gasteiger partial charge < -0.3 is 0 Å². The Labute approximate surface area is 125 Å². The number of halogens is 2. The summed E-state index contributed by atoms with van der Waals surface area (Å²) >= 11 is 10.5. The van der Waals surface area contributed by atoms with Crippen molar-refractivity contribution in [3.8, 4) is 0 Å². The zero-order chi connectivity index (χ0) is 13.2. The molecule has 2 unspecified atom stereocenters. The van der Waals surface area contributed by atoms with Crippen LogP contribution in [0.5, 0.6) is 0 Å². The minimum Gasteiger partial charge on any atom is -0.206 e. The van der Waals surface area contributed by atoms with Gasteiger partial charge in [0.15, 0.2) is 0 Å². The Morgan fingerprint density at radius 3 is 2.67 bits per heavy atom. The molecule has 0 radical (unpaired) electrons. The molecule has 7 heteroatoms. The van der Waals surface area contributed by atoms with Gasteiger partial charge in [0.05, 0.1) is 4.34 Å². The van der Waals surface area contributed by atoms with Crippen LogP contribution in [0, 0.1) is 0 Å². The normalized spacial score (nSPS) is 25.9. The highest BCUT2D eigenvalue weighted by molar-refractivity contribution is 9.09. The molecule has 0 amide bonds. The van der Waals surface area contributed by atoms with Gasteiger partial charge in [-0.2, -0.15) is 0 Å². The molecule has 0 spiro atoms. The number of thiophene rings is 1. The van der Waals surface area contributed by atoms with Gasteiger partial charge in [-0.05, 0) is 25.0 Å². The molecule has 2 atom stereocenters. The molecule has 1 aliphatic rings. The Hall–Kier alpha value is 0.380. The van der Waals surface area contributed by atoms with Crippen LogP contribution in [0.2, 0.25) is 4.34 Å². The summed E-state index contributed by atoms with van der Waals surface area (Å²) in [6.07, 6.45) is 5.29. The zero-order valence-corrected chi connectivity index (χ0v) is 13.7. The van der Waals surface area contributed by atoms with Gasteiger partial charge in [0.2, 0.25) is 10.0 Å². The lowest BCUT2D eigenvalue weighted by molar-refractivity contribution is 0.522. The average molecular weight is 373 g/mol. The monoisotopic (exact) mass is 371 g/mol. The van der Waals surface area contributed by atoms with Gasteiger partial charge in [0.25, 0.3) is 0 Å². The van der Waals surface area contributed by atoms with E-state index in [9.17, 15) is 8.42 Å². The maximum absolute atomic E-state index is 12.2. The van der Waals surface area contributed by atoms with Crippen molar-refractivity contribution in [2.45, 2.75) is 47.2 Å². The highest BCUT2D eigenvalue weighted by Gasteiger charge is 2.27. The predicted molar refractivity (Wildman–Crippen MR) is 79.2 cm³/mol. The van der Waals surface area contributed by atoms with Gasteiger partial charge in [0.1, 0.15) is 4.21 Å². The van der Waals surface area contributed by atoms with Crippen molar-refractivity contribution in [2.24, 2.45) is 0 Å². The molecule has 0 bridgehead atoms. The number of nitrogens with one attached hydrogen (secondary N) is 1. The summed E-state index contributed by atoms with van der Waals surface area (Å²) in [7, 11) is -3.43. The van der Waals surface area contributed by atoms with Gasteiger partial charge in [-0.25, -0.2) is 13.1 Å². The molecule has 1 N–H and O–H groups in total. The van der Waals surface area contributed by atoms with E-state index in [1.165, 1.54) is 6.42 Å². The van der Waals surface area contributed by atoms with Crippen molar-refractivity contribution < 1.29 is 8.42 Å². The maximum Gasteiger partial charge on any atom is 0.250 e. The van der Waals surface area contributed by atoms with Crippen molar-refractivity contribution in [3.63, 3.8) is 0 Å². The lowest BCUT2D eigenvalue weighted by Gasteiger charge is -2.20. The van der Waals surface area contributed by atoms with E-state index in [2.05, 4.69) is 20.7 Å². The third kappa shape index (κ3) is 3.70. The second kappa shape index (κ2) is 6.22. The molecule has 102 valence electrons. The molecular formula is C11H15BrClNO2S2. The fraction of sp³-hybridized carbons (Fsp3) is 0.636. The van der Waals surface area contributed by atoms with Crippen LogP contribution in [-0.2, 0) is 10.0 Å². The first-order chi connectivity index (χ1) is 8.49. The largest absolute Gasteiger partial charge is 0.250 e. The maximum atomic E-state index is 12.2. The fourth-order valence-corrected chi connectivity index (χ4v) is 5.80. The first-order valence-electron chi connectivity index (χ1n) is 5.91. The molecule has 1 aromatic rings. The van der Waals surface area contributed by atoms with Crippen molar-refractivity contribution in [2.75, 3.05) is 0 Å². The van der Waals surface area contributed by atoms with Gasteiger partial charge >= 0.3 is 0 Å². The van der Waals surface area contributed by atoms with Gasteiger partial charge in [-0.1, -0.05) is 46.8 Å². The predicted octanol–water partition coefficient (Wildman–Crippen LogP) is 3.78. The van der Waals surface area contributed by atoms with Crippen LogP contribution in [0.1, 0.15) is 32.1 Å². The van der Waals surface area contributed by atoms with Crippen molar-refractivity contribution in [1.29, 1.82) is 0 Å². The van der Waals surface area contributed by atoms with Crippen LogP contribution in [0.15, 0.2) is 16.3 Å². The third-order valence-corrected chi connectivity index (χ3v) is 7.36. The molecule has 1 heterocycles. The highest BCUT2D eigenvalue weighted by Crippen LogP contribution is 2.28. The quantitative estimate of drug-likeness (QED) is 0.648. The van der Waals surface area contributed by atoms with Crippen molar-refractivity contribution in [1.82, 2.24) is 4.72 Å². The molecule has 2 rings (SSSR count). The van der Waals surface area contributed by atoms with E-state index in [0.29, 0.717) is 4.34 Å². The van der Waals surface area contributed by atoms with E-state index in [-0.39, 0.29) is 15.1 Å². The third-order valence-electron chi connectivity index (χ3n) is 3.05. The summed E-state index contributed by atoms with van der Waals surface area (Å²) in [4.78, 5) is 0.213. The van der Waals surface area contributed by atoms with Crippen molar-refractivity contribution >= 4 is 48.9 Å². The SMILES string of the molecule is O=S(=O)(NC1CCCCCC1Br)c1ccc(Cl)s1. The Morgan fingerprint density at radius 1 is 1.28 bits per heavy atom. The second-order valence-corrected chi connectivity index (χ2v) is 9.27. The number of hydrogen-bond donors (Lipinski definition) is 1. The Balaban J connectivity index is 2.11. The summed E-state index contributed by atoms with van der Waals surface area (Å²) < 4.78 is 28.0. The first-order valence-corrected chi connectivity index (χ1v) is 9.50. The summed E-state index contributed by atoms with van der Waals surface area (Å²) in [5.74, 6) is 0. The van der Waals surface area contributed by atoms with E-state index in [1.807, 2.05) is 0 Å². The molecule has 1 aliphatic carbocycles. The van der Waals surface area contributed by atoms with Crippen LogP contribution < -0.4 is 4.72 Å². The number of sulfonamides is 1. The molecule has 0 saturated heterocycles. The standard InChI is InChI=1S/C11H15BrClNO2S2/c12-8-4-2-1-3-5-9(8)14-18(15,16)11-7-6-10(13)17-11/h6-9,14H,1-5H2. The van der Waals surface area contributed by atoms with Gasteiger partial charge in [-0.15, -0.1) is 11.3 Å². The highest BCUT2D eigenvalue weighted by atomic mass is 79.9. The minimum absolute atomic E-state index is 0.0293. The summed E-state index contributed by atoms with van der Waals surface area (Å²) in [6.45, 7) is 0. The smallest absolute Gasteiger partial charge is 0.206 e. The van der Waals surface area contributed by atoms with E-state index in [1.54, 1.807) is 12.1 Å². The van der Waals surface area contributed by atoms with E-state index in [4.69, 9.17) is 11.6 Å². The topological polar surface area (TPSA) is 46.2 Å². The zero-order valence-electron chi connectivity index (χ0n) is 9.73. The molecule has 18 heavy (non-hydrogen) atoms. The van der Waals surface area contributed by atoms with Crippen LogP contribution >= 0.6 is 38.9 Å². The Kier molecular flexibility index (Phi) is 5.11. The van der Waals surface area contributed by atoms with E-state index in [0.717, 1.165) is 37.0 Å². The number of rotatable bonds is 3. The van der Waals surface area contributed by atoms with E-state index < -0.39 is 10.0 Å². The molecule has 1 fully saturated rings. The number of hydrogen-bond acceptors (Lipinski definition) is 3. The van der Waals surface area contributed by atoms with Gasteiger partial charge in [-0.3, -0.25) is 0 Å². The fourth-order valence-electron chi connectivity index (χ4n) is 2.09. The van der Waals surface area contributed by atoms with Crippen molar-refractivity contribution in [3.05, 3.63) is 16.5 Å². The molecular weight excluding hydrogens is 358 g/mol. The molecule has 1 aromatic heterocycles. The van der Waals surface area contributed by atoms with Crippen LogP contribution in [-0.4, -0.2) is 19.3 Å². The second-order valence-electron chi connectivity index (χ2n) is 4.44. The Bertz CT molecular complexity index is 503. The molecule has 3 nitrogen and oxygen atoms in total. The average Bonchev–Trinajstić information content (AvgIpc) is 2.65. The van der Waals surface area contributed by atoms with E-state index >= 15 is 0 Å². The van der Waals surface area contributed by atoms with Crippen LogP contribution in [0.3, 0.4) is 0 Å². The molecule has 0 aromatic carbocycles. The minimum atomic E-state index is -3.43. The van der Waals surface area contributed by atoms with Crippen LogP contribution in [0.4, 0.5) is 0 Å². The first kappa shape index (κ1) is 14.8. The summed E-state index contributed by atoms with van der Waals surface area (Å²) in [5, 5.41) is 0. The molecule has 0 aliphatic heterocycles. The van der Waals surface area contributed by atoms with Crippen LogP contribution in [0.25, 0.3) is 0 Å². The summed E-state index contributed by atoms with van der Waals surface area (Å²) in [6, 6.07) is 3.13.